The molecule has 1 aromatic carbocycles. The Bertz CT molecular complexity index is 322. The van der Waals surface area contributed by atoms with Crippen LogP contribution in [0.5, 0.6) is 11.5 Å². The van der Waals surface area contributed by atoms with Gasteiger partial charge in [0.25, 0.3) is 0 Å². The van der Waals surface area contributed by atoms with E-state index in [0.29, 0.717) is 0 Å². The Kier molecular flexibility index (Phi) is 2.85. The van der Waals surface area contributed by atoms with Gasteiger partial charge in [0.05, 0.1) is 6.61 Å². The van der Waals surface area contributed by atoms with Crippen LogP contribution in [0.3, 0.4) is 0 Å². The van der Waals surface area contributed by atoms with Gasteiger partial charge in [0.2, 0.25) is 0 Å². The minimum Gasteiger partial charge on any atom is -0.508 e. The second-order valence-corrected chi connectivity index (χ2v) is 2.50. The molecule has 2 N–H and O–H groups in total. The summed E-state index contributed by atoms with van der Waals surface area (Å²) in [6.07, 6.45) is -4.77. The van der Waals surface area contributed by atoms with Gasteiger partial charge in [-0.1, -0.05) is 0 Å². The van der Waals surface area contributed by atoms with Crippen LogP contribution in [-0.4, -0.2) is 16.6 Å². The van der Waals surface area contributed by atoms with Gasteiger partial charge in [-0.25, -0.2) is 0 Å². The first-order chi connectivity index (χ1) is 6.42. The molecular weight excluding hydrogens is 201 g/mol. The predicted molar refractivity (Wildman–Crippen MR) is 40.7 cm³/mol. The number of aromatic hydroxyl groups is 1. The summed E-state index contributed by atoms with van der Waals surface area (Å²) in [4.78, 5) is 0. The molecule has 0 atom stereocenters. The van der Waals surface area contributed by atoms with Crippen molar-refractivity contribution in [2.75, 3.05) is 0 Å². The van der Waals surface area contributed by atoms with E-state index in [2.05, 4.69) is 4.74 Å². The molecule has 0 aliphatic heterocycles. The molecule has 14 heavy (non-hydrogen) atoms. The highest BCUT2D eigenvalue weighted by atomic mass is 19.4. The summed E-state index contributed by atoms with van der Waals surface area (Å²) < 4.78 is 38.8. The number of benzene rings is 1. The first kappa shape index (κ1) is 10.6. The fraction of sp³-hybridized carbons (Fsp3) is 0.250. The Morgan fingerprint density at radius 3 is 2.43 bits per heavy atom. The Morgan fingerprint density at radius 2 is 1.93 bits per heavy atom. The molecule has 0 saturated heterocycles. The number of ether oxygens (including phenoxy) is 1. The van der Waals surface area contributed by atoms with Crippen molar-refractivity contribution in [1.82, 2.24) is 0 Å². The molecule has 0 fully saturated rings. The quantitative estimate of drug-likeness (QED) is 0.778. The van der Waals surface area contributed by atoms with Crippen LogP contribution >= 0.6 is 0 Å². The summed E-state index contributed by atoms with van der Waals surface area (Å²) >= 11 is 0. The molecule has 0 aliphatic carbocycles. The summed E-state index contributed by atoms with van der Waals surface area (Å²) in [7, 11) is 0. The zero-order valence-electron chi connectivity index (χ0n) is 6.88. The van der Waals surface area contributed by atoms with Gasteiger partial charge in [0.1, 0.15) is 11.5 Å². The zero-order valence-corrected chi connectivity index (χ0v) is 6.88. The van der Waals surface area contributed by atoms with Crippen LogP contribution in [-0.2, 0) is 6.61 Å². The van der Waals surface area contributed by atoms with Gasteiger partial charge >= 0.3 is 6.36 Å². The molecule has 0 heterocycles. The van der Waals surface area contributed by atoms with Crippen LogP contribution in [0.4, 0.5) is 13.2 Å². The molecule has 0 spiro atoms. The van der Waals surface area contributed by atoms with Crippen molar-refractivity contribution in [3.63, 3.8) is 0 Å². The van der Waals surface area contributed by atoms with Gasteiger partial charge < -0.3 is 14.9 Å². The Labute approximate surface area is 77.4 Å². The average Bonchev–Trinajstić information content (AvgIpc) is 2.06. The molecule has 1 aromatic rings. The van der Waals surface area contributed by atoms with Crippen LogP contribution in [0, 0.1) is 0 Å². The number of aliphatic hydroxyl groups excluding tert-OH is 1. The average molecular weight is 208 g/mol. The monoisotopic (exact) mass is 208 g/mol. The lowest BCUT2D eigenvalue weighted by Crippen LogP contribution is -2.17. The van der Waals surface area contributed by atoms with Crippen LogP contribution in [0.1, 0.15) is 5.56 Å². The summed E-state index contributed by atoms with van der Waals surface area (Å²) in [5.41, 5.74) is -0.0215. The first-order valence-corrected chi connectivity index (χ1v) is 3.61. The molecule has 3 nitrogen and oxygen atoms in total. The second-order valence-electron chi connectivity index (χ2n) is 2.50. The smallest absolute Gasteiger partial charge is 0.508 e. The summed E-state index contributed by atoms with van der Waals surface area (Å²) in [6, 6.07) is 2.90. The molecule has 0 amide bonds. The van der Waals surface area contributed by atoms with Gasteiger partial charge in [-0.3, -0.25) is 0 Å². The van der Waals surface area contributed by atoms with E-state index in [1.54, 1.807) is 0 Å². The molecule has 0 saturated carbocycles. The SMILES string of the molecule is OCc1cc(OC(F)(F)F)ccc1O. The van der Waals surface area contributed by atoms with Crippen LogP contribution in [0.2, 0.25) is 0 Å². The number of alkyl halides is 3. The summed E-state index contributed by atoms with van der Waals surface area (Å²) in [6.45, 7) is -0.555. The Hall–Kier alpha value is -1.43. The van der Waals surface area contributed by atoms with Gasteiger partial charge in [-0.2, -0.15) is 0 Å². The van der Waals surface area contributed by atoms with E-state index in [4.69, 9.17) is 10.2 Å². The molecule has 0 radical (unpaired) electrons. The third kappa shape index (κ3) is 2.81. The standard InChI is InChI=1S/C8H7F3O3/c9-8(10,11)14-6-1-2-7(13)5(3-6)4-12/h1-3,12-13H,4H2. The first-order valence-electron chi connectivity index (χ1n) is 3.61. The fourth-order valence-corrected chi connectivity index (χ4v) is 0.886. The molecule has 78 valence electrons. The lowest BCUT2D eigenvalue weighted by atomic mass is 10.2. The van der Waals surface area contributed by atoms with Crippen LogP contribution < -0.4 is 4.74 Å². The molecule has 0 bridgehead atoms. The minimum atomic E-state index is -4.77. The lowest BCUT2D eigenvalue weighted by molar-refractivity contribution is -0.274. The van der Waals surface area contributed by atoms with Gasteiger partial charge in [0.15, 0.2) is 0 Å². The summed E-state index contributed by atoms with van der Waals surface area (Å²) in [5.74, 6) is -0.749. The minimum absolute atomic E-state index is 0.0215. The number of aliphatic hydroxyl groups is 1. The van der Waals surface area contributed by atoms with E-state index < -0.39 is 18.7 Å². The maximum Gasteiger partial charge on any atom is 0.573 e. The normalized spacial score (nSPS) is 11.4. The lowest BCUT2D eigenvalue weighted by Gasteiger charge is -2.10. The Morgan fingerprint density at radius 1 is 1.29 bits per heavy atom. The highest BCUT2D eigenvalue weighted by Crippen LogP contribution is 2.27. The highest BCUT2D eigenvalue weighted by molar-refractivity contribution is 5.38. The second kappa shape index (κ2) is 3.75. The van der Waals surface area contributed by atoms with E-state index in [0.717, 1.165) is 18.2 Å². The molecule has 0 aliphatic rings. The van der Waals surface area contributed by atoms with Crippen molar-refractivity contribution in [2.45, 2.75) is 13.0 Å². The van der Waals surface area contributed by atoms with Crippen LogP contribution in [0.15, 0.2) is 18.2 Å². The largest absolute Gasteiger partial charge is 0.573 e. The molecule has 0 unspecified atom stereocenters. The predicted octanol–water partition coefficient (Wildman–Crippen LogP) is 1.78. The Balaban J connectivity index is 2.90. The van der Waals surface area contributed by atoms with Crippen molar-refractivity contribution in [3.05, 3.63) is 23.8 Å². The molecular formula is C8H7F3O3. The van der Waals surface area contributed by atoms with Crippen LogP contribution in [0.25, 0.3) is 0 Å². The molecule has 0 aromatic heterocycles. The maximum absolute atomic E-state index is 11.7. The highest BCUT2D eigenvalue weighted by Gasteiger charge is 2.31. The third-order valence-electron chi connectivity index (χ3n) is 1.45. The van der Waals surface area contributed by atoms with E-state index in [1.165, 1.54) is 0 Å². The van der Waals surface area contributed by atoms with Gasteiger partial charge in [-0.15, -0.1) is 13.2 Å². The zero-order chi connectivity index (χ0) is 10.8. The third-order valence-corrected chi connectivity index (χ3v) is 1.45. The van der Waals surface area contributed by atoms with E-state index in [9.17, 15) is 13.2 Å². The number of rotatable bonds is 2. The van der Waals surface area contributed by atoms with E-state index in [-0.39, 0.29) is 11.3 Å². The number of halogens is 3. The molecule has 1 rings (SSSR count). The summed E-state index contributed by atoms with van der Waals surface area (Å²) in [5, 5.41) is 17.7. The topological polar surface area (TPSA) is 49.7 Å². The van der Waals surface area contributed by atoms with Crippen molar-refractivity contribution in [1.29, 1.82) is 0 Å². The number of hydrogen-bond acceptors (Lipinski definition) is 3. The fourth-order valence-electron chi connectivity index (χ4n) is 0.886. The molecule has 6 heteroatoms. The number of hydrogen-bond donors (Lipinski definition) is 2. The number of phenols is 1. The van der Waals surface area contributed by atoms with Gasteiger partial charge in [-0.05, 0) is 18.2 Å². The van der Waals surface area contributed by atoms with Crippen molar-refractivity contribution in [2.24, 2.45) is 0 Å². The van der Waals surface area contributed by atoms with Crippen molar-refractivity contribution < 1.29 is 28.1 Å². The van der Waals surface area contributed by atoms with Crippen molar-refractivity contribution >= 4 is 0 Å². The van der Waals surface area contributed by atoms with Gasteiger partial charge in [0, 0.05) is 5.56 Å². The van der Waals surface area contributed by atoms with E-state index in [1.807, 2.05) is 0 Å². The van der Waals surface area contributed by atoms with Crippen molar-refractivity contribution in [3.8, 4) is 11.5 Å². The van der Waals surface area contributed by atoms with E-state index >= 15 is 0 Å². The maximum atomic E-state index is 11.7.